The number of nitrogens with one attached hydrogen (secondary N) is 1. The van der Waals surface area contributed by atoms with Gasteiger partial charge in [0.2, 0.25) is 5.76 Å². The van der Waals surface area contributed by atoms with Gasteiger partial charge < -0.3 is 21.3 Å². The molecule has 0 saturated carbocycles. The quantitative estimate of drug-likeness (QED) is 0.733. The van der Waals surface area contributed by atoms with E-state index in [9.17, 15) is 9.59 Å². The predicted molar refractivity (Wildman–Crippen MR) is 71.9 cm³/mol. The fourth-order valence-electron chi connectivity index (χ4n) is 1.76. The molecule has 0 bridgehead atoms. The SMILES string of the molecule is NC[CH]c1cccc(NC(=O)c2ccno2)c1C(N)=O. The third kappa shape index (κ3) is 2.83. The van der Waals surface area contributed by atoms with Crippen LogP contribution in [0.1, 0.15) is 26.5 Å². The van der Waals surface area contributed by atoms with E-state index in [1.807, 2.05) is 0 Å². The number of nitrogens with zero attached hydrogens (tertiary/aromatic N) is 1. The molecule has 103 valence electrons. The van der Waals surface area contributed by atoms with Crippen LogP contribution in [0, 0.1) is 6.42 Å². The van der Waals surface area contributed by atoms with Crippen LogP contribution in [-0.2, 0) is 0 Å². The Bertz CT molecular complexity index is 623. The Morgan fingerprint density at radius 2 is 2.15 bits per heavy atom. The van der Waals surface area contributed by atoms with Crippen molar-refractivity contribution >= 4 is 17.5 Å². The van der Waals surface area contributed by atoms with Crippen LogP contribution < -0.4 is 16.8 Å². The second-order valence-electron chi connectivity index (χ2n) is 3.90. The van der Waals surface area contributed by atoms with E-state index in [0.717, 1.165) is 0 Å². The van der Waals surface area contributed by atoms with Crippen LogP contribution in [0.4, 0.5) is 5.69 Å². The molecule has 0 atom stereocenters. The Kier molecular flexibility index (Phi) is 4.11. The van der Waals surface area contributed by atoms with E-state index in [4.69, 9.17) is 16.0 Å². The maximum atomic E-state index is 11.9. The highest BCUT2D eigenvalue weighted by Crippen LogP contribution is 2.21. The van der Waals surface area contributed by atoms with Crippen molar-refractivity contribution in [1.82, 2.24) is 5.16 Å². The Balaban J connectivity index is 2.33. The molecule has 2 rings (SSSR count). The van der Waals surface area contributed by atoms with E-state index in [0.29, 0.717) is 11.3 Å². The number of anilines is 1. The van der Waals surface area contributed by atoms with Crippen LogP contribution in [0.2, 0.25) is 0 Å². The third-order valence-electron chi connectivity index (χ3n) is 2.59. The van der Waals surface area contributed by atoms with Gasteiger partial charge in [-0.2, -0.15) is 0 Å². The molecule has 1 aromatic carbocycles. The number of nitrogens with two attached hydrogens (primary N) is 2. The minimum atomic E-state index is -0.654. The van der Waals surface area contributed by atoms with Gasteiger partial charge in [0.15, 0.2) is 0 Å². The van der Waals surface area contributed by atoms with Gasteiger partial charge in [-0.25, -0.2) is 0 Å². The molecule has 0 saturated heterocycles. The molecule has 20 heavy (non-hydrogen) atoms. The summed E-state index contributed by atoms with van der Waals surface area (Å²) in [5, 5.41) is 6.00. The molecule has 1 aromatic heterocycles. The molecule has 7 nitrogen and oxygen atoms in total. The number of carbonyl (C=O) groups is 2. The molecule has 0 spiro atoms. The number of hydrogen-bond acceptors (Lipinski definition) is 5. The van der Waals surface area contributed by atoms with Crippen molar-refractivity contribution in [3.63, 3.8) is 0 Å². The molecular weight excluding hydrogens is 260 g/mol. The van der Waals surface area contributed by atoms with Crippen LogP contribution in [0.15, 0.2) is 35.0 Å². The first-order valence-electron chi connectivity index (χ1n) is 5.81. The van der Waals surface area contributed by atoms with Gasteiger partial charge in [0.05, 0.1) is 17.4 Å². The summed E-state index contributed by atoms with van der Waals surface area (Å²) in [6.45, 7) is 0.250. The van der Waals surface area contributed by atoms with Crippen LogP contribution in [0.5, 0.6) is 0 Å². The Morgan fingerprint density at radius 1 is 1.35 bits per heavy atom. The molecular formula is C13H13N4O3. The van der Waals surface area contributed by atoms with Gasteiger partial charge in [0.25, 0.3) is 11.8 Å². The molecule has 2 amide bonds. The number of primary amides is 1. The summed E-state index contributed by atoms with van der Waals surface area (Å²) in [5.41, 5.74) is 11.9. The molecule has 1 radical (unpaired) electrons. The molecule has 0 aliphatic rings. The highest BCUT2D eigenvalue weighted by Gasteiger charge is 2.17. The molecule has 0 unspecified atom stereocenters. The molecule has 1 heterocycles. The molecule has 0 aliphatic carbocycles. The van der Waals surface area contributed by atoms with Crippen molar-refractivity contribution in [1.29, 1.82) is 0 Å². The van der Waals surface area contributed by atoms with Gasteiger partial charge >= 0.3 is 0 Å². The van der Waals surface area contributed by atoms with Gasteiger partial charge in [-0.05, 0) is 18.2 Å². The maximum absolute atomic E-state index is 11.9. The Hall–Kier alpha value is -2.67. The monoisotopic (exact) mass is 273 g/mol. The zero-order valence-corrected chi connectivity index (χ0v) is 10.5. The third-order valence-corrected chi connectivity index (χ3v) is 2.59. The lowest BCUT2D eigenvalue weighted by molar-refractivity contribution is 0.0988. The highest BCUT2D eigenvalue weighted by molar-refractivity contribution is 6.08. The molecule has 7 heteroatoms. The van der Waals surface area contributed by atoms with Crippen LogP contribution in [0.25, 0.3) is 0 Å². The average molecular weight is 273 g/mol. The van der Waals surface area contributed by atoms with E-state index in [2.05, 4.69) is 10.5 Å². The fraction of sp³-hybridized carbons (Fsp3) is 0.0769. The number of amides is 2. The van der Waals surface area contributed by atoms with E-state index in [1.165, 1.54) is 12.3 Å². The Labute approximate surface area is 114 Å². The smallest absolute Gasteiger partial charge is 0.294 e. The maximum Gasteiger partial charge on any atom is 0.294 e. The van der Waals surface area contributed by atoms with Gasteiger partial charge in [0.1, 0.15) is 0 Å². The van der Waals surface area contributed by atoms with Gasteiger partial charge in [-0.3, -0.25) is 9.59 Å². The summed E-state index contributed by atoms with van der Waals surface area (Å²) in [5.74, 6) is -1.14. The normalized spacial score (nSPS) is 10.2. The average Bonchev–Trinajstić information content (AvgIpc) is 2.92. The molecule has 5 N–H and O–H groups in total. The van der Waals surface area contributed by atoms with Crippen molar-refractivity contribution in [3.8, 4) is 0 Å². The van der Waals surface area contributed by atoms with Crippen molar-refractivity contribution in [2.24, 2.45) is 11.5 Å². The van der Waals surface area contributed by atoms with E-state index < -0.39 is 11.8 Å². The summed E-state index contributed by atoms with van der Waals surface area (Å²) >= 11 is 0. The van der Waals surface area contributed by atoms with Gasteiger partial charge in [0, 0.05) is 12.5 Å². The van der Waals surface area contributed by atoms with Crippen molar-refractivity contribution in [2.45, 2.75) is 0 Å². The van der Waals surface area contributed by atoms with E-state index in [-0.39, 0.29) is 17.9 Å². The minimum Gasteiger partial charge on any atom is -0.366 e. The summed E-state index contributed by atoms with van der Waals surface area (Å²) in [7, 11) is 0. The van der Waals surface area contributed by atoms with Crippen molar-refractivity contribution < 1.29 is 14.1 Å². The number of hydrogen-bond donors (Lipinski definition) is 3. The van der Waals surface area contributed by atoms with Gasteiger partial charge in [-0.1, -0.05) is 17.3 Å². The van der Waals surface area contributed by atoms with Crippen molar-refractivity contribution in [3.05, 3.63) is 53.8 Å². The lowest BCUT2D eigenvalue weighted by atomic mass is 10.0. The Morgan fingerprint density at radius 3 is 2.75 bits per heavy atom. The second kappa shape index (κ2) is 5.98. The predicted octanol–water partition coefficient (Wildman–Crippen LogP) is 0.537. The number of carbonyl (C=O) groups excluding carboxylic acids is 2. The lowest BCUT2D eigenvalue weighted by Crippen LogP contribution is -2.20. The first-order valence-corrected chi connectivity index (χ1v) is 5.81. The van der Waals surface area contributed by atoms with Crippen LogP contribution in [0.3, 0.4) is 0 Å². The summed E-state index contributed by atoms with van der Waals surface area (Å²) in [4.78, 5) is 23.4. The topological polar surface area (TPSA) is 124 Å². The standard InChI is InChI=1S/C13H13N4O3/c14-6-4-8-2-1-3-9(11(8)12(15)18)17-13(19)10-5-7-16-20-10/h1-5,7H,6,14H2,(H2,15,18)(H,17,19). The first-order chi connectivity index (χ1) is 9.63. The summed E-state index contributed by atoms with van der Waals surface area (Å²) in [6, 6.07) is 6.36. The molecule has 0 aliphatic heterocycles. The van der Waals surface area contributed by atoms with E-state index in [1.54, 1.807) is 24.6 Å². The fourth-order valence-corrected chi connectivity index (χ4v) is 1.76. The summed E-state index contributed by atoms with van der Waals surface area (Å²) in [6.07, 6.45) is 2.99. The second-order valence-corrected chi connectivity index (χ2v) is 3.90. The minimum absolute atomic E-state index is 0.0358. The molecule has 0 fully saturated rings. The largest absolute Gasteiger partial charge is 0.366 e. The highest BCUT2D eigenvalue weighted by atomic mass is 16.5. The zero-order chi connectivity index (χ0) is 14.5. The van der Waals surface area contributed by atoms with Gasteiger partial charge in [-0.15, -0.1) is 0 Å². The van der Waals surface area contributed by atoms with E-state index >= 15 is 0 Å². The van der Waals surface area contributed by atoms with Crippen LogP contribution >= 0.6 is 0 Å². The lowest BCUT2D eigenvalue weighted by Gasteiger charge is -2.11. The number of rotatable bonds is 5. The number of benzene rings is 1. The number of aromatic nitrogens is 1. The summed E-state index contributed by atoms with van der Waals surface area (Å²) < 4.78 is 4.74. The molecule has 2 aromatic rings. The zero-order valence-electron chi connectivity index (χ0n) is 10.5. The first kappa shape index (κ1) is 13.8. The van der Waals surface area contributed by atoms with Crippen LogP contribution in [-0.4, -0.2) is 23.5 Å². The van der Waals surface area contributed by atoms with Crippen molar-refractivity contribution in [2.75, 3.05) is 11.9 Å².